The van der Waals surface area contributed by atoms with E-state index in [1.807, 2.05) is 49.4 Å². The molecule has 0 unspecified atom stereocenters. The summed E-state index contributed by atoms with van der Waals surface area (Å²) in [6.45, 7) is 2.04. The number of hydrazone groups is 1. The highest BCUT2D eigenvalue weighted by molar-refractivity contribution is 9.10. The van der Waals surface area contributed by atoms with Gasteiger partial charge in [0.2, 0.25) is 0 Å². The molecule has 4 heteroatoms. The van der Waals surface area contributed by atoms with Crippen molar-refractivity contribution in [1.82, 2.24) is 0 Å². The van der Waals surface area contributed by atoms with Crippen LogP contribution >= 0.6 is 15.9 Å². The van der Waals surface area contributed by atoms with Gasteiger partial charge < -0.3 is 4.74 Å². The lowest BCUT2D eigenvalue weighted by Crippen LogP contribution is -1.95. The average molecular weight is 319 g/mol. The van der Waals surface area contributed by atoms with Crippen LogP contribution in [0.15, 0.2) is 52.0 Å². The highest BCUT2D eigenvalue weighted by Crippen LogP contribution is 2.21. The third kappa shape index (κ3) is 3.58. The SMILES string of the molecule is COc1ccc(Br)cc1/C=N\Nc1ccccc1C. The Balaban J connectivity index is 2.15. The van der Waals surface area contributed by atoms with Crippen LogP contribution in [-0.2, 0) is 0 Å². The summed E-state index contributed by atoms with van der Waals surface area (Å²) < 4.78 is 6.28. The number of nitrogens with one attached hydrogen (secondary N) is 1. The maximum Gasteiger partial charge on any atom is 0.127 e. The lowest BCUT2D eigenvalue weighted by molar-refractivity contribution is 0.414. The molecule has 0 aliphatic rings. The van der Waals surface area contributed by atoms with Gasteiger partial charge >= 0.3 is 0 Å². The molecule has 0 saturated carbocycles. The number of nitrogens with zero attached hydrogens (tertiary/aromatic N) is 1. The predicted octanol–water partition coefficient (Wildman–Crippen LogP) is 4.21. The zero-order chi connectivity index (χ0) is 13.7. The van der Waals surface area contributed by atoms with Crippen molar-refractivity contribution >= 4 is 27.8 Å². The molecule has 0 bridgehead atoms. The minimum Gasteiger partial charge on any atom is -0.496 e. The molecular weight excluding hydrogens is 304 g/mol. The van der Waals surface area contributed by atoms with Gasteiger partial charge in [0, 0.05) is 10.0 Å². The quantitative estimate of drug-likeness (QED) is 0.676. The molecule has 0 spiro atoms. The van der Waals surface area contributed by atoms with Crippen molar-refractivity contribution in [2.45, 2.75) is 6.92 Å². The van der Waals surface area contributed by atoms with Crippen LogP contribution in [0.3, 0.4) is 0 Å². The molecule has 0 fully saturated rings. The van der Waals surface area contributed by atoms with Crippen LogP contribution in [0.5, 0.6) is 5.75 Å². The van der Waals surface area contributed by atoms with Crippen molar-refractivity contribution in [1.29, 1.82) is 0 Å². The van der Waals surface area contributed by atoms with Gasteiger partial charge in [0.1, 0.15) is 5.75 Å². The lowest BCUT2D eigenvalue weighted by Gasteiger charge is -2.06. The van der Waals surface area contributed by atoms with Crippen molar-refractivity contribution in [2.24, 2.45) is 5.10 Å². The van der Waals surface area contributed by atoms with Crippen LogP contribution in [0.25, 0.3) is 0 Å². The molecule has 0 aliphatic heterocycles. The first-order chi connectivity index (χ1) is 9.20. The number of aryl methyl sites for hydroxylation is 1. The molecule has 0 amide bonds. The van der Waals surface area contributed by atoms with Crippen LogP contribution in [0, 0.1) is 6.92 Å². The summed E-state index contributed by atoms with van der Waals surface area (Å²) in [6.07, 6.45) is 1.75. The molecule has 2 aromatic carbocycles. The number of methoxy groups -OCH3 is 1. The van der Waals surface area contributed by atoms with Gasteiger partial charge in [-0.1, -0.05) is 34.1 Å². The second-order valence-corrected chi connectivity index (χ2v) is 4.99. The fraction of sp³-hybridized carbons (Fsp3) is 0.133. The van der Waals surface area contributed by atoms with Gasteiger partial charge in [-0.05, 0) is 36.8 Å². The molecule has 0 atom stereocenters. The van der Waals surface area contributed by atoms with Crippen molar-refractivity contribution in [3.05, 3.63) is 58.1 Å². The maximum atomic E-state index is 5.29. The number of ether oxygens (including phenoxy) is 1. The van der Waals surface area contributed by atoms with E-state index < -0.39 is 0 Å². The van der Waals surface area contributed by atoms with Crippen LogP contribution in [0.1, 0.15) is 11.1 Å². The first kappa shape index (κ1) is 13.6. The minimum atomic E-state index is 0.790. The summed E-state index contributed by atoms with van der Waals surface area (Å²) in [5.41, 5.74) is 6.09. The van der Waals surface area contributed by atoms with Gasteiger partial charge in [-0.15, -0.1) is 0 Å². The number of halogens is 1. The Hall–Kier alpha value is -1.81. The molecule has 0 aliphatic carbocycles. The molecule has 19 heavy (non-hydrogen) atoms. The molecule has 0 radical (unpaired) electrons. The smallest absolute Gasteiger partial charge is 0.127 e. The highest BCUT2D eigenvalue weighted by atomic mass is 79.9. The summed E-state index contributed by atoms with van der Waals surface area (Å²) in [5.74, 6) is 0.790. The molecule has 2 rings (SSSR count). The van der Waals surface area contributed by atoms with E-state index in [1.165, 1.54) is 0 Å². The molecule has 0 aromatic heterocycles. The summed E-state index contributed by atoms with van der Waals surface area (Å²) >= 11 is 3.44. The predicted molar refractivity (Wildman–Crippen MR) is 83.1 cm³/mol. The van der Waals surface area contributed by atoms with Crippen LogP contribution in [-0.4, -0.2) is 13.3 Å². The normalized spacial score (nSPS) is 10.7. The van der Waals surface area contributed by atoms with E-state index >= 15 is 0 Å². The molecule has 2 aromatic rings. The largest absolute Gasteiger partial charge is 0.496 e. The number of rotatable bonds is 4. The van der Waals surface area contributed by atoms with Gasteiger partial charge in [-0.25, -0.2) is 0 Å². The van der Waals surface area contributed by atoms with E-state index in [9.17, 15) is 0 Å². The van der Waals surface area contributed by atoms with Gasteiger partial charge in [0.15, 0.2) is 0 Å². The zero-order valence-corrected chi connectivity index (χ0v) is 12.4. The van der Waals surface area contributed by atoms with E-state index in [2.05, 4.69) is 26.5 Å². The lowest BCUT2D eigenvalue weighted by atomic mass is 10.2. The van der Waals surface area contributed by atoms with Crippen molar-refractivity contribution in [3.8, 4) is 5.75 Å². The Bertz CT molecular complexity index is 596. The Labute approximate surface area is 121 Å². The van der Waals surface area contributed by atoms with Gasteiger partial charge in [-0.2, -0.15) is 5.10 Å². The monoisotopic (exact) mass is 318 g/mol. The topological polar surface area (TPSA) is 33.6 Å². The average Bonchev–Trinajstić information content (AvgIpc) is 2.41. The Morgan fingerprint density at radius 1 is 1.21 bits per heavy atom. The number of anilines is 1. The second-order valence-electron chi connectivity index (χ2n) is 4.07. The molecule has 98 valence electrons. The van der Waals surface area contributed by atoms with E-state index in [4.69, 9.17) is 4.74 Å². The fourth-order valence-corrected chi connectivity index (χ4v) is 2.05. The first-order valence-corrected chi connectivity index (χ1v) is 6.68. The van der Waals surface area contributed by atoms with Gasteiger partial charge in [0.25, 0.3) is 0 Å². The molecule has 0 saturated heterocycles. The molecule has 3 nitrogen and oxygen atoms in total. The Morgan fingerprint density at radius 2 is 2.00 bits per heavy atom. The van der Waals surface area contributed by atoms with Crippen LogP contribution in [0.2, 0.25) is 0 Å². The van der Waals surface area contributed by atoms with E-state index in [0.717, 1.165) is 27.0 Å². The summed E-state index contributed by atoms with van der Waals surface area (Å²) in [6, 6.07) is 13.8. The van der Waals surface area contributed by atoms with Crippen molar-refractivity contribution in [3.63, 3.8) is 0 Å². The number of para-hydroxylation sites is 1. The summed E-state index contributed by atoms with van der Waals surface area (Å²) in [7, 11) is 1.65. The van der Waals surface area contributed by atoms with Crippen LogP contribution < -0.4 is 10.2 Å². The van der Waals surface area contributed by atoms with E-state index in [0.29, 0.717) is 0 Å². The third-order valence-electron chi connectivity index (χ3n) is 2.73. The number of hydrogen-bond donors (Lipinski definition) is 1. The summed E-state index contributed by atoms with van der Waals surface area (Å²) in [5, 5.41) is 4.25. The molecule has 0 heterocycles. The van der Waals surface area contributed by atoms with Crippen molar-refractivity contribution < 1.29 is 4.74 Å². The Kier molecular flexibility index (Phi) is 4.58. The molecule has 1 N–H and O–H groups in total. The summed E-state index contributed by atoms with van der Waals surface area (Å²) in [4.78, 5) is 0. The van der Waals surface area contributed by atoms with Crippen molar-refractivity contribution in [2.75, 3.05) is 12.5 Å². The zero-order valence-electron chi connectivity index (χ0n) is 10.9. The molecular formula is C15H15BrN2O. The minimum absolute atomic E-state index is 0.790. The first-order valence-electron chi connectivity index (χ1n) is 5.89. The second kappa shape index (κ2) is 6.38. The Morgan fingerprint density at radius 3 is 2.74 bits per heavy atom. The van der Waals surface area contributed by atoms with Crippen LogP contribution in [0.4, 0.5) is 5.69 Å². The standard InChI is InChI=1S/C15H15BrN2O/c1-11-5-3-4-6-14(11)18-17-10-12-9-13(16)7-8-15(12)19-2/h3-10,18H,1-2H3/b17-10-. The van der Waals surface area contributed by atoms with E-state index in [-0.39, 0.29) is 0 Å². The highest BCUT2D eigenvalue weighted by Gasteiger charge is 2.00. The number of hydrogen-bond acceptors (Lipinski definition) is 3. The maximum absolute atomic E-state index is 5.29. The van der Waals surface area contributed by atoms with Gasteiger partial charge in [0.05, 0.1) is 19.0 Å². The van der Waals surface area contributed by atoms with E-state index in [1.54, 1.807) is 13.3 Å². The number of benzene rings is 2. The fourth-order valence-electron chi connectivity index (χ4n) is 1.68. The third-order valence-corrected chi connectivity index (χ3v) is 3.22. The van der Waals surface area contributed by atoms with Gasteiger partial charge in [-0.3, -0.25) is 5.43 Å².